The Labute approximate surface area is 315 Å². The van der Waals surface area contributed by atoms with Crippen LogP contribution < -0.4 is 16.0 Å². The summed E-state index contributed by atoms with van der Waals surface area (Å²) in [4.78, 5) is 75.0. The van der Waals surface area contributed by atoms with Crippen molar-refractivity contribution in [2.75, 3.05) is 20.2 Å². The lowest BCUT2D eigenvalue weighted by molar-refractivity contribution is -0.141. The number of alkyl carbamates (subject to hydrolysis) is 1. The Balaban J connectivity index is 1.09. The van der Waals surface area contributed by atoms with Gasteiger partial charge in [-0.3, -0.25) is 14.4 Å². The number of aryl methyl sites for hydroxylation is 1. The standard InChI is InChI=1S/C40H51N7O7/c1-22(2)33(44-39(51)52)37(49)46-18-6-8-31(46)35-41-21-30(42-35)25-12-10-24(11-13-25)26-14-16-28-27(20-26)15-17-29(28)43-36(48)32-9-7-19-47(32)38(50)34(23(3)4)45-40(53)54-5/h10-14,16,20-23,29,31-34,44H,6-9,15,17-19H2,1-5H3,(H,41,42)(H,43,48)(H,45,53)(H,51,52)/t29?,31-,32-,33-,34-/m0/s1. The summed E-state index contributed by atoms with van der Waals surface area (Å²) in [5, 5.41) is 17.5. The van der Waals surface area contributed by atoms with E-state index in [-0.39, 0.29) is 41.6 Å². The first kappa shape index (κ1) is 38.3. The average Bonchev–Trinajstić information content (AvgIpc) is 3.99. The first-order chi connectivity index (χ1) is 25.9. The molecule has 1 aromatic heterocycles. The summed E-state index contributed by atoms with van der Waals surface area (Å²) in [5.41, 5.74) is 6.15. The minimum absolute atomic E-state index is 0.152. The van der Waals surface area contributed by atoms with Gasteiger partial charge in [-0.05, 0) is 78.2 Å². The van der Waals surface area contributed by atoms with Gasteiger partial charge < -0.3 is 40.6 Å². The number of nitrogens with one attached hydrogen (secondary N) is 4. The van der Waals surface area contributed by atoms with Crippen molar-refractivity contribution in [2.24, 2.45) is 11.8 Å². The second-order valence-electron chi connectivity index (χ2n) is 15.2. The molecule has 14 heteroatoms. The van der Waals surface area contributed by atoms with E-state index in [0.29, 0.717) is 31.8 Å². The number of hydrogen-bond donors (Lipinski definition) is 5. The molecule has 3 aliphatic rings. The quantitative estimate of drug-likeness (QED) is 0.178. The van der Waals surface area contributed by atoms with Gasteiger partial charge in [-0.2, -0.15) is 0 Å². The maximum absolute atomic E-state index is 13.6. The van der Waals surface area contributed by atoms with Crippen molar-refractivity contribution < 1.29 is 33.8 Å². The molecule has 2 fully saturated rings. The highest BCUT2D eigenvalue weighted by Gasteiger charge is 2.40. The lowest BCUT2D eigenvalue weighted by atomic mass is 9.98. The predicted molar refractivity (Wildman–Crippen MR) is 201 cm³/mol. The van der Waals surface area contributed by atoms with E-state index >= 15 is 0 Å². The molecule has 0 spiro atoms. The fraction of sp³-hybridized carbons (Fsp3) is 0.500. The van der Waals surface area contributed by atoms with Crippen LogP contribution in [0.25, 0.3) is 22.4 Å². The van der Waals surface area contributed by atoms with E-state index in [1.165, 1.54) is 12.7 Å². The highest BCUT2D eigenvalue weighted by Crippen LogP contribution is 2.36. The number of nitrogens with zero attached hydrogens (tertiary/aromatic N) is 3. The molecule has 2 aliphatic heterocycles. The summed E-state index contributed by atoms with van der Waals surface area (Å²) in [6, 6.07) is 11.9. The molecule has 54 heavy (non-hydrogen) atoms. The smallest absolute Gasteiger partial charge is 0.407 e. The van der Waals surface area contributed by atoms with E-state index in [9.17, 15) is 29.1 Å². The maximum Gasteiger partial charge on any atom is 0.407 e. The normalized spacial score (nSPS) is 20.5. The van der Waals surface area contributed by atoms with Gasteiger partial charge in [0.2, 0.25) is 17.7 Å². The molecule has 2 saturated heterocycles. The summed E-state index contributed by atoms with van der Waals surface area (Å²) in [7, 11) is 1.26. The lowest BCUT2D eigenvalue weighted by Gasteiger charge is -2.30. The molecule has 3 aromatic rings. The van der Waals surface area contributed by atoms with Crippen molar-refractivity contribution in [2.45, 2.75) is 96.4 Å². The molecule has 5 N–H and O–H groups in total. The van der Waals surface area contributed by atoms with Crippen molar-refractivity contribution in [1.82, 2.24) is 35.7 Å². The first-order valence-electron chi connectivity index (χ1n) is 18.9. The Morgan fingerprint density at radius 3 is 2.15 bits per heavy atom. The number of fused-ring (bicyclic) bond motifs is 1. The minimum atomic E-state index is -1.22. The Bertz CT molecular complexity index is 1870. The van der Waals surface area contributed by atoms with Crippen LogP contribution in [0.1, 0.15) is 88.8 Å². The van der Waals surface area contributed by atoms with Crippen LogP contribution in [0.15, 0.2) is 48.7 Å². The zero-order chi connectivity index (χ0) is 38.7. The topological polar surface area (TPSA) is 186 Å². The number of amides is 5. The number of carbonyl (C=O) groups is 5. The molecule has 5 atom stereocenters. The van der Waals surface area contributed by atoms with E-state index in [2.05, 4.69) is 56.3 Å². The number of aromatic amines is 1. The Kier molecular flexibility index (Phi) is 11.6. The predicted octanol–water partition coefficient (Wildman–Crippen LogP) is 5.17. The SMILES string of the molecule is COC(=O)N[C@H](C(=O)N1CCC[C@H]1C(=O)NC1CCc2cc(-c3ccc(-c4cnc([C@@H]5CCCN5C(=O)[C@@H](NC(=O)O)C(C)C)[nH]4)cc3)ccc21)C(C)C. The van der Waals surface area contributed by atoms with Gasteiger partial charge in [0.1, 0.15) is 23.9 Å². The summed E-state index contributed by atoms with van der Waals surface area (Å²) in [5.74, 6) is -0.374. The highest BCUT2D eigenvalue weighted by atomic mass is 16.5. The fourth-order valence-electron chi connectivity index (χ4n) is 8.03. The second-order valence-corrected chi connectivity index (χ2v) is 15.2. The largest absolute Gasteiger partial charge is 0.465 e. The monoisotopic (exact) mass is 741 g/mol. The maximum atomic E-state index is 13.6. The van der Waals surface area contributed by atoms with Crippen LogP contribution >= 0.6 is 0 Å². The van der Waals surface area contributed by atoms with Gasteiger partial charge in [0.15, 0.2) is 0 Å². The van der Waals surface area contributed by atoms with Crippen LogP contribution in [0.5, 0.6) is 0 Å². The number of aromatic nitrogens is 2. The van der Waals surface area contributed by atoms with Gasteiger partial charge in [-0.1, -0.05) is 70.2 Å². The number of imidazole rings is 1. The molecule has 5 amide bonds. The van der Waals surface area contributed by atoms with Crippen LogP contribution in [0, 0.1) is 11.8 Å². The number of likely N-dealkylation sites (tertiary alicyclic amines) is 2. The van der Waals surface area contributed by atoms with Crippen molar-refractivity contribution in [1.29, 1.82) is 0 Å². The van der Waals surface area contributed by atoms with Crippen LogP contribution in [-0.4, -0.2) is 93.1 Å². The summed E-state index contributed by atoms with van der Waals surface area (Å²) in [6.07, 6.45) is 4.30. The third-order valence-electron chi connectivity index (χ3n) is 11.0. The van der Waals surface area contributed by atoms with E-state index in [1.807, 2.05) is 39.8 Å². The van der Waals surface area contributed by atoms with Crippen LogP contribution in [0.2, 0.25) is 0 Å². The van der Waals surface area contributed by atoms with Gasteiger partial charge >= 0.3 is 12.2 Å². The molecule has 0 radical (unpaired) electrons. The van der Waals surface area contributed by atoms with Gasteiger partial charge in [-0.15, -0.1) is 0 Å². The molecule has 14 nitrogen and oxygen atoms in total. The van der Waals surface area contributed by atoms with Gasteiger partial charge in [0.05, 0.1) is 31.1 Å². The van der Waals surface area contributed by atoms with Gasteiger partial charge in [0.25, 0.3) is 0 Å². The molecule has 0 saturated carbocycles. The number of H-pyrrole nitrogens is 1. The molecule has 288 valence electrons. The number of hydrogen-bond acceptors (Lipinski definition) is 7. The molecule has 6 rings (SSSR count). The molecule has 1 aliphatic carbocycles. The number of carboxylic acid groups (broad SMARTS) is 1. The zero-order valence-electron chi connectivity index (χ0n) is 31.6. The summed E-state index contributed by atoms with van der Waals surface area (Å²) in [6.45, 7) is 8.35. The van der Waals surface area contributed by atoms with E-state index in [1.54, 1.807) is 16.0 Å². The van der Waals surface area contributed by atoms with Crippen LogP contribution in [-0.2, 0) is 25.5 Å². The number of carbonyl (C=O) groups excluding carboxylic acids is 4. The first-order valence-corrected chi connectivity index (χ1v) is 18.9. The summed E-state index contributed by atoms with van der Waals surface area (Å²) < 4.78 is 4.72. The molecule has 2 aromatic carbocycles. The molecular formula is C40H51N7O7. The van der Waals surface area contributed by atoms with Crippen LogP contribution in [0.3, 0.4) is 0 Å². The molecule has 0 bridgehead atoms. The second kappa shape index (κ2) is 16.3. The van der Waals surface area contributed by atoms with Gasteiger partial charge in [-0.25, -0.2) is 14.6 Å². The molecule has 1 unspecified atom stereocenters. The molecular weight excluding hydrogens is 690 g/mol. The Morgan fingerprint density at radius 1 is 0.833 bits per heavy atom. The van der Waals surface area contributed by atoms with Crippen molar-refractivity contribution in [3.05, 3.63) is 65.6 Å². The fourth-order valence-corrected chi connectivity index (χ4v) is 8.03. The average molecular weight is 742 g/mol. The van der Waals surface area contributed by atoms with Crippen molar-refractivity contribution in [3.63, 3.8) is 0 Å². The lowest BCUT2D eigenvalue weighted by Crippen LogP contribution is -2.55. The number of methoxy groups -OCH3 is 1. The van der Waals surface area contributed by atoms with Crippen molar-refractivity contribution >= 4 is 29.9 Å². The summed E-state index contributed by atoms with van der Waals surface area (Å²) >= 11 is 0. The highest BCUT2D eigenvalue weighted by molar-refractivity contribution is 5.92. The number of ether oxygens (including phenoxy) is 1. The van der Waals surface area contributed by atoms with E-state index in [4.69, 9.17) is 4.74 Å². The number of rotatable bonds is 11. The third-order valence-corrected chi connectivity index (χ3v) is 11.0. The van der Waals surface area contributed by atoms with E-state index in [0.717, 1.165) is 53.6 Å². The molecule has 3 heterocycles. The van der Waals surface area contributed by atoms with Crippen LogP contribution in [0.4, 0.5) is 9.59 Å². The number of benzene rings is 2. The van der Waals surface area contributed by atoms with Gasteiger partial charge in [0, 0.05) is 13.1 Å². The Morgan fingerprint density at radius 2 is 1.46 bits per heavy atom. The van der Waals surface area contributed by atoms with E-state index < -0.39 is 30.3 Å². The minimum Gasteiger partial charge on any atom is -0.465 e. The third kappa shape index (κ3) is 8.07. The zero-order valence-corrected chi connectivity index (χ0v) is 31.6. The Hall–Kier alpha value is -5.40. The van der Waals surface area contributed by atoms with Crippen molar-refractivity contribution in [3.8, 4) is 22.4 Å².